The number of benzene rings is 2. The largest absolute Gasteiger partial charge is 0.355 e. The van der Waals surface area contributed by atoms with Crippen molar-refractivity contribution in [2.45, 2.75) is 24.7 Å². The Morgan fingerprint density at radius 3 is 2.55 bits per heavy atom. The molecule has 0 bridgehead atoms. The van der Waals surface area contributed by atoms with Gasteiger partial charge in [-0.2, -0.15) is 0 Å². The number of aryl methyl sites for hydroxylation is 1. The van der Waals surface area contributed by atoms with Crippen LogP contribution in [0.4, 0.5) is 5.13 Å². The summed E-state index contributed by atoms with van der Waals surface area (Å²) in [4.78, 5) is 21.9. The van der Waals surface area contributed by atoms with Gasteiger partial charge in [0.05, 0.1) is 20.9 Å². The molecule has 7 nitrogen and oxygen atoms in total. The van der Waals surface area contributed by atoms with Crippen molar-refractivity contribution in [2.24, 2.45) is 0 Å². The monoisotopic (exact) mass is 486 g/mol. The van der Waals surface area contributed by atoms with Crippen molar-refractivity contribution < 1.29 is 13.2 Å². The van der Waals surface area contributed by atoms with Crippen molar-refractivity contribution in [1.29, 1.82) is 0 Å². The van der Waals surface area contributed by atoms with Crippen molar-refractivity contribution in [2.75, 3.05) is 49.9 Å². The molecule has 0 aliphatic carbocycles. The lowest BCUT2D eigenvalue weighted by Crippen LogP contribution is -2.48. The summed E-state index contributed by atoms with van der Waals surface area (Å²) in [5.41, 5.74) is 2.42. The van der Waals surface area contributed by atoms with Crippen LogP contribution < -0.4 is 10.2 Å². The smallest absolute Gasteiger partial charge is 0.221 e. The van der Waals surface area contributed by atoms with Gasteiger partial charge in [0, 0.05) is 45.7 Å². The van der Waals surface area contributed by atoms with Crippen molar-refractivity contribution in [1.82, 2.24) is 15.2 Å². The Balaban J connectivity index is 1.19. The molecule has 1 aliphatic heterocycles. The summed E-state index contributed by atoms with van der Waals surface area (Å²) in [6.45, 7) is 7.07. The number of anilines is 1. The second-order valence-corrected chi connectivity index (χ2v) is 11.3. The second-order valence-electron chi connectivity index (χ2n) is 8.17. The first-order valence-corrected chi connectivity index (χ1v) is 13.8. The lowest BCUT2D eigenvalue weighted by atomic mass is 10.1. The molecule has 1 aliphatic rings. The van der Waals surface area contributed by atoms with Crippen LogP contribution in [0.2, 0.25) is 0 Å². The highest BCUT2D eigenvalue weighted by molar-refractivity contribution is 7.91. The minimum atomic E-state index is -3.43. The standard InChI is InChI=1S/C24H30N4O3S2/c1-2-19-7-6-10-21-23(19)26-24(32-21)28-16-14-27(15-17-28)13-12-25-22(29)11-18-33(30,31)20-8-4-3-5-9-20/h3-10H,2,11-18H2,1H3,(H,25,29). The van der Waals surface area contributed by atoms with Crippen molar-refractivity contribution in [3.8, 4) is 0 Å². The first-order chi connectivity index (χ1) is 16.0. The van der Waals surface area contributed by atoms with Crippen LogP contribution in [0.1, 0.15) is 18.9 Å². The highest BCUT2D eigenvalue weighted by atomic mass is 32.2. The fourth-order valence-corrected chi connectivity index (χ4v) is 6.32. The van der Waals surface area contributed by atoms with E-state index in [1.165, 1.54) is 10.3 Å². The molecule has 2 aromatic carbocycles. The van der Waals surface area contributed by atoms with E-state index in [1.807, 2.05) is 0 Å². The van der Waals surface area contributed by atoms with E-state index in [9.17, 15) is 13.2 Å². The summed E-state index contributed by atoms with van der Waals surface area (Å²) < 4.78 is 25.8. The van der Waals surface area contributed by atoms with E-state index in [-0.39, 0.29) is 23.0 Å². The van der Waals surface area contributed by atoms with E-state index in [1.54, 1.807) is 41.7 Å². The molecular weight excluding hydrogens is 456 g/mol. The van der Waals surface area contributed by atoms with Gasteiger partial charge in [-0.25, -0.2) is 13.4 Å². The van der Waals surface area contributed by atoms with Crippen molar-refractivity contribution in [3.05, 3.63) is 54.1 Å². The SMILES string of the molecule is CCc1cccc2sc(N3CCN(CCNC(=O)CCS(=O)(=O)c4ccccc4)CC3)nc12. The van der Waals surface area contributed by atoms with Crippen LogP contribution in [-0.4, -0.2) is 69.2 Å². The Kier molecular flexibility index (Phi) is 7.62. The summed E-state index contributed by atoms with van der Waals surface area (Å²) in [5.74, 6) is -0.405. The van der Waals surface area contributed by atoms with E-state index >= 15 is 0 Å². The Hall–Kier alpha value is -2.49. The number of sulfone groups is 1. The number of carbonyl (C=O) groups excluding carboxylic acids is 1. The number of piperazine rings is 1. The molecule has 1 aromatic heterocycles. The Morgan fingerprint density at radius 2 is 1.82 bits per heavy atom. The zero-order valence-electron chi connectivity index (χ0n) is 18.9. The predicted molar refractivity (Wildman–Crippen MR) is 134 cm³/mol. The maximum absolute atomic E-state index is 12.3. The topological polar surface area (TPSA) is 82.6 Å². The minimum absolute atomic E-state index is 0.0254. The highest BCUT2D eigenvalue weighted by Gasteiger charge is 2.21. The molecule has 2 heterocycles. The van der Waals surface area contributed by atoms with Crippen LogP contribution in [-0.2, 0) is 21.1 Å². The van der Waals surface area contributed by atoms with E-state index in [4.69, 9.17) is 4.98 Å². The number of hydrogen-bond donors (Lipinski definition) is 1. The summed E-state index contributed by atoms with van der Waals surface area (Å²) in [7, 11) is -3.43. The number of aromatic nitrogens is 1. The van der Waals surface area contributed by atoms with Crippen LogP contribution in [0.25, 0.3) is 10.2 Å². The number of nitrogens with one attached hydrogen (secondary N) is 1. The number of rotatable bonds is 9. The number of thiazole rings is 1. The van der Waals surface area contributed by atoms with Crippen LogP contribution in [0, 0.1) is 0 Å². The molecule has 0 spiro atoms. The second kappa shape index (κ2) is 10.6. The summed E-state index contributed by atoms with van der Waals surface area (Å²) >= 11 is 1.75. The lowest BCUT2D eigenvalue weighted by Gasteiger charge is -2.34. The first kappa shape index (κ1) is 23.7. The Labute approximate surface area is 199 Å². The Bertz CT molecular complexity index is 1190. The number of nitrogens with zero attached hydrogens (tertiary/aromatic N) is 3. The fraction of sp³-hybridized carbons (Fsp3) is 0.417. The van der Waals surface area contributed by atoms with E-state index < -0.39 is 9.84 Å². The molecule has 1 amide bonds. The minimum Gasteiger partial charge on any atom is -0.355 e. The molecule has 0 atom stereocenters. The molecule has 33 heavy (non-hydrogen) atoms. The van der Waals surface area contributed by atoms with E-state index in [0.717, 1.165) is 49.8 Å². The number of fused-ring (bicyclic) bond motifs is 1. The third-order valence-corrected chi connectivity index (χ3v) is 8.78. The van der Waals surface area contributed by atoms with Gasteiger partial charge in [0.1, 0.15) is 0 Å². The Morgan fingerprint density at radius 1 is 1.06 bits per heavy atom. The molecule has 0 unspecified atom stereocenters. The lowest BCUT2D eigenvalue weighted by molar-refractivity contribution is -0.120. The fourth-order valence-electron chi connectivity index (χ4n) is 3.99. The van der Waals surface area contributed by atoms with Crippen molar-refractivity contribution >= 4 is 42.4 Å². The van der Waals surface area contributed by atoms with Gasteiger partial charge in [0.15, 0.2) is 15.0 Å². The molecule has 3 aromatic rings. The van der Waals surface area contributed by atoms with Gasteiger partial charge in [-0.1, -0.05) is 48.6 Å². The van der Waals surface area contributed by atoms with Gasteiger partial charge in [0.2, 0.25) is 5.91 Å². The molecule has 1 N–H and O–H groups in total. The molecule has 0 radical (unpaired) electrons. The van der Waals surface area contributed by atoms with Crippen LogP contribution in [0.15, 0.2) is 53.4 Å². The third-order valence-electron chi connectivity index (χ3n) is 5.97. The van der Waals surface area contributed by atoms with E-state index in [0.29, 0.717) is 6.54 Å². The first-order valence-electron chi connectivity index (χ1n) is 11.4. The quantitative estimate of drug-likeness (QED) is 0.501. The van der Waals surface area contributed by atoms with Gasteiger partial charge in [-0.15, -0.1) is 0 Å². The van der Waals surface area contributed by atoms with Crippen LogP contribution in [0.5, 0.6) is 0 Å². The van der Waals surface area contributed by atoms with E-state index in [2.05, 4.69) is 40.2 Å². The maximum atomic E-state index is 12.3. The normalized spacial score (nSPS) is 15.1. The number of amides is 1. The average Bonchev–Trinajstić information content (AvgIpc) is 3.28. The summed E-state index contributed by atoms with van der Waals surface area (Å²) in [5, 5.41) is 3.94. The molecule has 4 rings (SSSR count). The summed E-state index contributed by atoms with van der Waals surface area (Å²) in [6, 6.07) is 14.7. The van der Waals surface area contributed by atoms with Gasteiger partial charge in [-0.3, -0.25) is 9.69 Å². The predicted octanol–water partition coefficient (Wildman–Crippen LogP) is 2.96. The molecular formula is C24H30N4O3S2. The van der Waals surface area contributed by atoms with Crippen molar-refractivity contribution in [3.63, 3.8) is 0 Å². The molecule has 0 saturated carbocycles. The molecule has 1 saturated heterocycles. The molecule has 9 heteroatoms. The van der Waals surface area contributed by atoms with Gasteiger partial charge < -0.3 is 10.2 Å². The number of hydrogen-bond acceptors (Lipinski definition) is 7. The number of carbonyl (C=O) groups is 1. The molecule has 176 valence electrons. The highest BCUT2D eigenvalue weighted by Crippen LogP contribution is 2.31. The van der Waals surface area contributed by atoms with Gasteiger partial charge in [-0.05, 0) is 30.2 Å². The number of para-hydroxylation sites is 1. The summed E-state index contributed by atoms with van der Waals surface area (Å²) in [6.07, 6.45) is 0.959. The third kappa shape index (κ3) is 5.90. The average molecular weight is 487 g/mol. The van der Waals surface area contributed by atoms with Gasteiger partial charge in [0.25, 0.3) is 0 Å². The molecule has 1 fully saturated rings. The van der Waals surface area contributed by atoms with Crippen LogP contribution in [0.3, 0.4) is 0 Å². The van der Waals surface area contributed by atoms with Gasteiger partial charge >= 0.3 is 0 Å². The van der Waals surface area contributed by atoms with Crippen LogP contribution >= 0.6 is 11.3 Å². The maximum Gasteiger partial charge on any atom is 0.221 e. The zero-order valence-corrected chi connectivity index (χ0v) is 20.5. The zero-order chi connectivity index (χ0) is 23.3.